The lowest BCUT2D eigenvalue weighted by Crippen LogP contribution is -2.50. The summed E-state index contributed by atoms with van der Waals surface area (Å²) in [5, 5.41) is 3.69. The van der Waals surface area contributed by atoms with Gasteiger partial charge in [0.05, 0.1) is 0 Å². The van der Waals surface area contributed by atoms with Crippen molar-refractivity contribution in [3.05, 3.63) is 35.9 Å². The fourth-order valence-electron chi connectivity index (χ4n) is 3.26. The summed E-state index contributed by atoms with van der Waals surface area (Å²) in [6.45, 7) is 1.00. The lowest BCUT2D eigenvalue weighted by molar-refractivity contribution is 0.282. The van der Waals surface area contributed by atoms with Gasteiger partial charge >= 0.3 is 0 Å². The van der Waals surface area contributed by atoms with Gasteiger partial charge in [0, 0.05) is 24.0 Å². The summed E-state index contributed by atoms with van der Waals surface area (Å²) in [6.07, 6.45) is 7.66. The van der Waals surface area contributed by atoms with Crippen molar-refractivity contribution < 1.29 is 0 Å². The van der Waals surface area contributed by atoms with Crippen molar-refractivity contribution in [1.29, 1.82) is 0 Å². The van der Waals surface area contributed by atoms with Gasteiger partial charge in [-0.25, -0.2) is 0 Å². The predicted molar refractivity (Wildman–Crippen MR) is 75.6 cm³/mol. The minimum Gasteiger partial charge on any atom is -0.324 e. The summed E-state index contributed by atoms with van der Waals surface area (Å²) in [6, 6.07) is 11.5. The summed E-state index contributed by atoms with van der Waals surface area (Å²) in [4.78, 5) is 0. The molecule has 0 aromatic heterocycles. The van der Waals surface area contributed by atoms with Gasteiger partial charge in [-0.1, -0.05) is 49.6 Å². The molecular weight excluding hydrogens is 220 g/mol. The Hall–Kier alpha value is -0.860. The summed E-state index contributed by atoms with van der Waals surface area (Å²) >= 11 is 0. The molecule has 2 aliphatic carbocycles. The van der Waals surface area contributed by atoms with Crippen LogP contribution in [0, 0.1) is 0 Å². The second-order valence-electron chi connectivity index (χ2n) is 6.16. The van der Waals surface area contributed by atoms with E-state index in [4.69, 9.17) is 5.73 Å². The molecule has 0 aliphatic heterocycles. The highest BCUT2D eigenvalue weighted by molar-refractivity contribution is 5.27. The lowest BCUT2D eigenvalue weighted by atomic mass is 9.82. The first kappa shape index (κ1) is 12.2. The number of benzene rings is 1. The van der Waals surface area contributed by atoms with Gasteiger partial charge in [0.15, 0.2) is 0 Å². The van der Waals surface area contributed by atoms with Crippen LogP contribution in [0.25, 0.3) is 0 Å². The molecule has 3 rings (SSSR count). The van der Waals surface area contributed by atoms with E-state index in [0.29, 0.717) is 6.04 Å². The van der Waals surface area contributed by atoms with Crippen molar-refractivity contribution in [1.82, 2.24) is 5.32 Å². The maximum absolute atomic E-state index is 6.46. The Morgan fingerprint density at radius 1 is 1.11 bits per heavy atom. The zero-order valence-corrected chi connectivity index (χ0v) is 11.1. The van der Waals surface area contributed by atoms with E-state index in [9.17, 15) is 0 Å². The molecular formula is C16H24N2. The second kappa shape index (κ2) is 5.02. The van der Waals surface area contributed by atoms with Crippen molar-refractivity contribution in [2.24, 2.45) is 5.73 Å². The molecule has 2 saturated carbocycles. The van der Waals surface area contributed by atoms with E-state index in [1.54, 1.807) is 0 Å². The van der Waals surface area contributed by atoms with Crippen LogP contribution in [0.1, 0.15) is 50.0 Å². The van der Waals surface area contributed by atoms with E-state index in [1.165, 1.54) is 44.1 Å². The molecule has 1 aromatic rings. The highest BCUT2D eigenvalue weighted by Crippen LogP contribution is 2.41. The lowest BCUT2D eigenvalue weighted by Gasteiger charge is -2.33. The first-order valence-corrected chi connectivity index (χ1v) is 7.34. The molecule has 0 saturated heterocycles. The van der Waals surface area contributed by atoms with Crippen molar-refractivity contribution in [3.63, 3.8) is 0 Å². The number of nitrogens with one attached hydrogen (secondary N) is 1. The van der Waals surface area contributed by atoms with Gasteiger partial charge in [-0.05, 0) is 24.8 Å². The SMILES string of the molecule is NC1(CNC2CC2c2ccccc2)CCCCC1. The molecule has 1 aromatic carbocycles. The molecule has 0 bridgehead atoms. The molecule has 2 nitrogen and oxygen atoms in total. The Morgan fingerprint density at radius 2 is 1.83 bits per heavy atom. The fraction of sp³-hybridized carbons (Fsp3) is 0.625. The predicted octanol–water partition coefficient (Wildman–Crippen LogP) is 2.79. The summed E-state index contributed by atoms with van der Waals surface area (Å²) in [5.41, 5.74) is 8.00. The van der Waals surface area contributed by atoms with Gasteiger partial charge in [-0.15, -0.1) is 0 Å². The summed E-state index contributed by atoms with van der Waals surface area (Å²) in [7, 11) is 0. The van der Waals surface area contributed by atoms with Crippen LogP contribution in [0.5, 0.6) is 0 Å². The highest BCUT2D eigenvalue weighted by atomic mass is 15.0. The summed E-state index contributed by atoms with van der Waals surface area (Å²) < 4.78 is 0. The molecule has 3 N–H and O–H groups in total. The van der Waals surface area contributed by atoms with Gasteiger partial charge < -0.3 is 11.1 Å². The first-order valence-electron chi connectivity index (χ1n) is 7.34. The molecule has 2 heteroatoms. The van der Waals surface area contributed by atoms with Crippen molar-refractivity contribution >= 4 is 0 Å². The molecule has 0 spiro atoms. The van der Waals surface area contributed by atoms with Gasteiger partial charge in [0.25, 0.3) is 0 Å². The molecule has 0 radical (unpaired) electrons. The van der Waals surface area contributed by atoms with Gasteiger partial charge in [0.1, 0.15) is 0 Å². The second-order valence-corrected chi connectivity index (χ2v) is 6.16. The number of hydrogen-bond acceptors (Lipinski definition) is 2. The van der Waals surface area contributed by atoms with E-state index in [1.807, 2.05) is 0 Å². The molecule has 18 heavy (non-hydrogen) atoms. The molecule has 2 unspecified atom stereocenters. The maximum atomic E-state index is 6.46. The molecule has 0 amide bonds. The quantitative estimate of drug-likeness (QED) is 0.854. The Balaban J connectivity index is 1.48. The van der Waals surface area contributed by atoms with Crippen LogP contribution in [-0.2, 0) is 0 Å². The Bertz CT molecular complexity index is 381. The van der Waals surface area contributed by atoms with Crippen LogP contribution < -0.4 is 11.1 Å². The largest absolute Gasteiger partial charge is 0.324 e. The number of nitrogens with two attached hydrogens (primary N) is 1. The fourth-order valence-corrected chi connectivity index (χ4v) is 3.26. The highest BCUT2D eigenvalue weighted by Gasteiger charge is 2.39. The van der Waals surface area contributed by atoms with Gasteiger partial charge in [-0.2, -0.15) is 0 Å². The summed E-state index contributed by atoms with van der Waals surface area (Å²) in [5.74, 6) is 0.721. The zero-order valence-electron chi connectivity index (χ0n) is 11.1. The first-order chi connectivity index (χ1) is 8.77. The normalized spacial score (nSPS) is 30.1. The van der Waals surface area contributed by atoms with Crippen LogP contribution in [0.2, 0.25) is 0 Å². The van der Waals surface area contributed by atoms with Crippen LogP contribution in [0.3, 0.4) is 0 Å². The van der Waals surface area contributed by atoms with Crippen molar-refractivity contribution in [2.75, 3.05) is 6.54 Å². The van der Waals surface area contributed by atoms with Crippen LogP contribution in [0.15, 0.2) is 30.3 Å². The van der Waals surface area contributed by atoms with Gasteiger partial charge in [0.2, 0.25) is 0 Å². The topological polar surface area (TPSA) is 38.0 Å². The minimum absolute atomic E-state index is 0.0715. The van der Waals surface area contributed by atoms with E-state index in [0.717, 1.165) is 12.5 Å². The average Bonchev–Trinajstić information content (AvgIpc) is 3.18. The third-order valence-corrected chi connectivity index (χ3v) is 4.58. The van der Waals surface area contributed by atoms with Crippen molar-refractivity contribution in [2.45, 2.75) is 56.0 Å². The Morgan fingerprint density at radius 3 is 2.56 bits per heavy atom. The number of hydrogen-bond donors (Lipinski definition) is 2. The van der Waals surface area contributed by atoms with E-state index in [-0.39, 0.29) is 5.54 Å². The minimum atomic E-state index is 0.0715. The van der Waals surface area contributed by atoms with Crippen molar-refractivity contribution in [3.8, 4) is 0 Å². The zero-order chi connectivity index (χ0) is 12.4. The molecule has 0 heterocycles. The smallest absolute Gasteiger partial charge is 0.0280 e. The van der Waals surface area contributed by atoms with Crippen LogP contribution in [-0.4, -0.2) is 18.1 Å². The Labute approximate surface area is 110 Å². The van der Waals surface area contributed by atoms with Crippen LogP contribution in [0.4, 0.5) is 0 Å². The Kier molecular flexibility index (Phi) is 3.40. The van der Waals surface area contributed by atoms with Crippen LogP contribution >= 0.6 is 0 Å². The van der Waals surface area contributed by atoms with Gasteiger partial charge in [-0.3, -0.25) is 0 Å². The molecule has 2 aliphatic rings. The van der Waals surface area contributed by atoms with E-state index in [2.05, 4.69) is 35.6 Å². The van der Waals surface area contributed by atoms with E-state index < -0.39 is 0 Å². The third-order valence-electron chi connectivity index (χ3n) is 4.58. The number of rotatable bonds is 4. The molecule has 2 fully saturated rings. The standard InChI is InChI=1S/C16H24N2/c17-16(9-5-2-6-10-16)12-18-15-11-14(15)13-7-3-1-4-8-13/h1,3-4,7-8,14-15,18H,2,5-6,9-12,17H2. The third kappa shape index (κ3) is 2.76. The maximum Gasteiger partial charge on any atom is 0.0280 e. The monoisotopic (exact) mass is 244 g/mol. The van der Waals surface area contributed by atoms with E-state index >= 15 is 0 Å². The average molecular weight is 244 g/mol. The molecule has 2 atom stereocenters. The molecule has 98 valence electrons.